The normalized spacial score (nSPS) is 25.6. The standard InChI is InChI=1S/C12H17NO2/c1-7(13)12-8(2)15-11-6-9(14-3)4-5-10(11)12/h4-8,12H,13H2,1-3H3. The van der Waals surface area contributed by atoms with Crippen LogP contribution >= 0.6 is 0 Å². The quantitative estimate of drug-likeness (QED) is 0.805. The first-order valence-electron chi connectivity index (χ1n) is 5.23. The summed E-state index contributed by atoms with van der Waals surface area (Å²) in [5.74, 6) is 2.02. The zero-order valence-electron chi connectivity index (χ0n) is 9.36. The van der Waals surface area contributed by atoms with Crippen molar-refractivity contribution in [2.24, 2.45) is 5.73 Å². The van der Waals surface area contributed by atoms with Crippen LogP contribution in [0.4, 0.5) is 0 Å². The summed E-state index contributed by atoms with van der Waals surface area (Å²) >= 11 is 0. The second kappa shape index (κ2) is 3.74. The lowest BCUT2D eigenvalue weighted by atomic mass is 9.90. The lowest BCUT2D eigenvalue weighted by Gasteiger charge is -2.18. The first-order chi connectivity index (χ1) is 7.13. The molecule has 82 valence electrons. The first-order valence-corrected chi connectivity index (χ1v) is 5.23. The van der Waals surface area contributed by atoms with E-state index in [1.54, 1.807) is 7.11 Å². The lowest BCUT2D eigenvalue weighted by molar-refractivity contribution is 0.215. The number of rotatable bonds is 2. The Morgan fingerprint density at radius 1 is 1.47 bits per heavy atom. The van der Waals surface area contributed by atoms with Crippen LogP contribution in [0.1, 0.15) is 25.3 Å². The maximum atomic E-state index is 5.96. The van der Waals surface area contributed by atoms with E-state index >= 15 is 0 Å². The van der Waals surface area contributed by atoms with E-state index < -0.39 is 0 Å². The molecule has 0 spiro atoms. The van der Waals surface area contributed by atoms with Gasteiger partial charge in [-0.25, -0.2) is 0 Å². The molecule has 2 N–H and O–H groups in total. The molecule has 0 bridgehead atoms. The van der Waals surface area contributed by atoms with Crippen molar-refractivity contribution in [3.05, 3.63) is 23.8 Å². The van der Waals surface area contributed by atoms with Gasteiger partial charge in [0, 0.05) is 23.6 Å². The van der Waals surface area contributed by atoms with E-state index in [2.05, 4.69) is 6.92 Å². The third kappa shape index (κ3) is 1.67. The number of nitrogens with two attached hydrogens (primary N) is 1. The number of hydrogen-bond acceptors (Lipinski definition) is 3. The molecule has 3 atom stereocenters. The second-order valence-corrected chi connectivity index (χ2v) is 4.11. The molecule has 3 nitrogen and oxygen atoms in total. The molecule has 0 amide bonds. The minimum atomic E-state index is 0.106. The summed E-state index contributed by atoms with van der Waals surface area (Å²) in [5.41, 5.74) is 7.16. The van der Waals surface area contributed by atoms with E-state index in [4.69, 9.17) is 15.2 Å². The monoisotopic (exact) mass is 207 g/mol. The average Bonchev–Trinajstić information content (AvgIpc) is 2.52. The molecule has 15 heavy (non-hydrogen) atoms. The molecule has 3 heteroatoms. The van der Waals surface area contributed by atoms with E-state index in [1.807, 2.05) is 25.1 Å². The highest BCUT2D eigenvalue weighted by atomic mass is 16.5. The Morgan fingerprint density at radius 3 is 2.80 bits per heavy atom. The van der Waals surface area contributed by atoms with Crippen LogP contribution in [0.3, 0.4) is 0 Å². The fourth-order valence-corrected chi connectivity index (χ4v) is 2.26. The highest BCUT2D eigenvalue weighted by Crippen LogP contribution is 2.41. The van der Waals surface area contributed by atoms with Gasteiger partial charge in [0.1, 0.15) is 17.6 Å². The van der Waals surface area contributed by atoms with Crippen LogP contribution in [0.2, 0.25) is 0 Å². The topological polar surface area (TPSA) is 44.5 Å². The second-order valence-electron chi connectivity index (χ2n) is 4.11. The lowest BCUT2D eigenvalue weighted by Crippen LogP contribution is -2.30. The summed E-state index contributed by atoms with van der Waals surface area (Å²) in [6, 6.07) is 6.03. The zero-order valence-corrected chi connectivity index (χ0v) is 9.36. The van der Waals surface area contributed by atoms with Gasteiger partial charge in [-0.1, -0.05) is 6.07 Å². The minimum Gasteiger partial charge on any atom is -0.497 e. The third-order valence-corrected chi connectivity index (χ3v) is 2.96. The van der Waals surface area contributed by atoms with Crippen LogP contribution in [0, 0.1) is 0 Å². The Balaban J connectivity index is 2.38. The van der Waals surface area contributed by atoms with Gasteiger partial charge >= 0.3 is 0 Å². The van der Waals surface area contributed by atoms with Gasteiger partial charge in [0.05, 0.1) is 7.11 Å². The number of ether oxygens (including phenoxy) is 2. The Kier molecular flexibility index (Phi) is 2.57. The minimum absolute atomic E-state index is 0.106. The summed E-state index contributed by atoms with van der Waals surface area (Å²) in [4.78, 5) is 0. The van der Waals surface area contributed by atoms with Gasteiger partial charge in [-0.15, -0.1) is 0 Å². The van der Waals surface area contributed by atoms with Gasteiger partial charge < -0.3 is 15.2 Å². The van der Waals surface area contributed by atoms with Gasteiger partial charge in [0.15, 0.2) is 0 Å². The molecule has 3 unspecified atom stereocenters. The molecule has 2 rings (SSSR count). The highest BCUT2D eigenvalue weighted by molar-refractivity contribution is 5.46. The Bertz CT molecular complexity index is 363. The van der Waals surface area contributed by atoms with Crippen LogP contribution < -0.4 is 15.2 Å². The Labute approximate surface area is 90.2 Å². The van der Waals surface area contributed by atoms with Crippen molar-refractivity contribution >= 4 is 0 Å². The highest BCUT2D eigenvalue weighted by Gasteiger charge is 2.33. The van der Waals surface area contributed by atoms with Gasteiger partial charge in [-0.2, -0.15) is 0 Å². The smallest absolute Gasteiger partial charge is 0.127 e. The zero-order chi connectivity index (χ0) is 11.0. The van der Waals surface area contributed by atoms with Crippen LogP contribution in [0.15, 0.2) is 18.2 Å². The van der Waals surface area contributed by atoms with Gasteiger partial charge in [0.25, 0.3) is 0 Å². The molecule has 0 aliphatic carbocycles. The average molecular weight is 207 g/mol. The predicted molar refractivity (Wildman–Crippen MR) is 59.5 cm³/mol. The van der Waals surface area contributed by atoms with Crippen LogP contribution in [0.5, 0.6) is 11.5 Å². The molecular formula is C12H17NO2. The summed E-state index contributed by atoms with van der Waals surface area (Å²) in [7, 11) is 1.66. The van der Waals surface area contributed by atoms with E-state index in [-0.39, 0.29) is 18.1 Å². The Morgan fingerprint density at radius 2 is 2.20 bits per heavy atom. The summed E-state index contributed by atoms with van der Waals surface area (Å²) in [5, 5.41) is 0. The fraction of sp³-hybridized carbons (Fsp3) is 0.500. The molecule has 1 heterocycles. The van der Waals surface area contributed by atoms with Crippen molar-refractivity contribution < 1.29 is 9.47 Å². The van der Waals surface area contributed by atoms with Crippen LogP contribution in [-0.4, -0.2) is 19.3 Å². The van der Waals surface area contributed by atoms with Crippen molar-refractivity contribution in [2.75, 3.05) is 7.11 Å². The summed E-state index contributed by atoms with van der Waals surface area (Å²) in [6.07, 6.45) is 0.145. The molecule has 1 aromatic rings. The molecule has 0 saturated carbocycles. The van der Waals surface area contributed by atoms with Crippen molar-refractivity contribution in [2.45, 2.75) is 31.9 Å². The van der Waals surface area contributed by atoms with Crippen molar-refractivity contribution in [3.63, 3.8) is 0 Å². The van der Waals surface area contributed by atoms with Crippen LogP contribution in [0.25, 0.3) is 0 Å². The predicted octanol–water partition coefficient (Wildman–Crippen LogP) is 1.91. The molecule has 0 radical (unpaired) electrons. The third-order valence-electron chi connectivity index (χ3n) is 2.96. The number of hydrogen-bond donors (Lipinski definition) is 1. The van der Waals surface area contributed by atoms with E-state index in [1.165, 1.54) is 5.56 Å². The number of fused-ring (bicyclic) bond motifs is 1. The summed E-state index contributed by atoms with van der Waals surface area (Å²) in [6.45, 7) is 4.07. The van der Waals surface area contributed by atoms with Gasteiger partial charge in [-0.3, -0.25) is 0 Å². The molecule has 0 aromatic heterocycles. The van der Waals surface area contributed by atoms with Crippen LogP contribution in [-0.2, 0) is 0 Å². The Hall–Kier alpha value is -1.22. The molecule has 0 fully saturated rings. The van der Waals surface area contributed by atoms with Gasteiger partial charge in [0.2, 0.25) is 0 Å². The fourth-order valence-electron chi connectivity index (χ4n) is 2.26. The van der Waals surface area contributed by atoms with Crippen molar-refractivity contribution in [3.8, 4) is 11.5 Å². The molecule has 1 aliphatic rings. The first kappa shape index (κ1) is 10.3. The van der Waals surface area contributed by atoms with E-state index in [9.17, 15) is 0 Å². The summed E-state index contributed by atoms with van der Waals surface area (Å²) < 4.78 is 10.9. The maximum Gasteiger partial charge on any atom is 0.127 e. The van der Waals surface area contributed by atoms with Crippen molar-refractivity contribution in [1.29, 1.82) is 0 Å². The van der Waals surface area contributed by atoms with E-state index in [0.29, 0.717) is 0 Å². The number of benzene rings is 1. The van der Waals surface area contributed by atoms with E-state index in [0.717, 1.165) is 11.5 Å². The maximum absolute atomic E-state index is 5.96. The molecular weight excluding hydrogens is 190 g/mol. The molecule has 0 saturated heterocycles. The molecule has 1 aliphatic heterocycles. The van der Waals surface area contributed by atoms with Gasteiger partial charge in [-0.05, 0) is 19.9 Å². The van der Waals surface area contributed by atoms with Crippen molar-refractivity contribution in [1.82, 2.24) is 0 Å². The molecule has 1 aromatic carbocycles. The SMILES string of the molecule is COc1ccc2c(c1)OC(C)C2C(C)N. The largest absolute Gasteiger partial charge is 0.497 e. The number of methoxy groups -OCH3 is 1.